The minimum absolute atomic E-state index is 0.233. The van der Waals surface area contributed by atoms with Crippen LogP contribution in [0.15, 0.2) is 24.4 Å². The van der Waals surface area contributed by atoms with Crippen LogP contribution >= 0.6 is 0 Å². The van der Waals surface area contributed by atoms with Crippen LogP contribution in [0.4, 0.5) is 11.4 Å². The van der Waals surface area contributed by atoms with Gasteiger partial charge >= 0.3 is 0 Å². The summed E-state index contributed by atoms with van der Waals surface area (Å²) in [5.74, 6) is 0.953. The molecule has 0 bridgehead atoms. The molecule has 1 aromatic heterocycles. The molecule has 1 aromatic carbocycles. The number of rotatable bonds is 2. The van der Waals surface area contributed by atoms with Gasteiger partial charge in [-0.2, -0.15) is 5.10 Å². The summed E-state index contributed by atoms with van der Waals surface area (Å²) in [6.45, 7) is 1.22. The van der Waals surface area contributed by atoms with Gasteiger partial charge in [-0.1, -0.05) is 0 Å². The van der Waals surface area contributed by atoms with Gasteiger partial charge in [0.2, 0.25) is 0 Å². The summed E-state index contributed by atoms with van der Waals surface area (Å²) in [5.41, 5.74) is 6.77. The second-order valence-electron chi connectivity index (χ2n) is 4.37. The number of anilines is 2. The van der Waals surface area contributed by atoms with Crippen LogP contribution in [-0.4, -0.2) is 29.3 Å². The Balaban J connectivity index is 1.80. The molecule has 0 saturated heterocycles. The summed E-state index contributed by atoms with van der Waals surface area (Å²) >= 11 is 0. The van der Waals surface area contributed by atoms with Crippen molar-refractivity contribution in [2.45, 2.75) is 6.42 Å². The molecular formula is C13H14N4O3. The van der Waals surface area contributed by atoms with Gasteiger partial charge in [0.1, 0.15) is 5.69 Å². The van der Waals surface area contributed by atoms with Crippen LogP contribution in [0, 0.1) is 0 Å². The van der Waals surface area contributed by atoms with Crippen molar-refractivity contribution in [3.05, 3.63) is 30.1 Å². The van der Waals surface area contributed by atoms with Crippen molar-refractivity contribution >= 4 is 17.3 Å². The normalized spacial score (nSPS) is 13.6. The van der Waals surface area contributed by atoms with Crippen LogP contribution in [0.5, 0.6) is 11.5 Å². The smallest absolute Gasteiger partial charge is 0.275 e. The van der Waals surface area contributed by atoms with Crippen LogP contribution in [-0.2, 0) is 0 Å². The topological polar surface area (TPSA) is 102 Å². The zero-order chi connectivity index (χ0) is 13.9. The van der Waals surface area contributed by atoms with E-state index < -0.39 is 0 Å². The van der Waals surface area contributed by atoms with Crippen LogP contribution in [0.25, 0.3) is 0 Å². The fraction of sp³-hybridized carbons (Fsp3) is 0.231. The zero-order valence-corrected chi connectivity index (χ0v) is 10.7. The van der Waals surface area contributed by atoms with Crippen molar-refractivity contribution in [3.8, 4) is 11.5 Å². The molecule has 0 unspecified atom stereocenters. The van der Waals surface area contributed by atoms with Crippen molar-refractivity contribution in [1.29, 1.82) is 0 Å². The number of carbonyl (C=O) groups excluding carboxylic acids is 1. The van der Waals surface area contributed by atoms with Crippen molar-refractivity contribution < 1.29 is 14.3 Å². The molecule has 2 aromatic rings. The number of nitrogens with two attached hydrogens (primary N) is 1. The molecule has 3 rings (SSSR count). The summed E-state index contributed by atoms with van der Waals surface area (Å²) in [5, 5.41) is 9.00. The number of hydrogen-bond acceptors (Lipinski definition) is 5. The predicted molar refractivity (Wildman–Crippen MR) is 73.0 cm³/mol. The first-order valence-electron chi connectivity index (χ1n) is 6.24. The predicted octanol–water partition coefficient (Wildman–Crippen LogP) is 1.41. The van der Waals surface area contributed by atoms with E-state index in [9.17, 15) is 4.79 Å². The molecule has 0 spiro atoms. The molecule has 0 fully saturated rings. The van der Waals surface area contributed by atoms with E-state index >= 15 is 0 Å². The quantitative estimate of drug-likeness (QED) is 0.768. The van der Waals surface area contributed by atoms with Crippen molar-refractivity contribution in [2.75, 3.05) is 24.3 Å². The van der Waals surface area contributed by atoms with Gasteiger partial charge in [0.05, 0.1) is 25.1 Å². The van der Waals surface area contributed by atoms with Gasteiger partial charge in [-0.25, -0.2) is 0 Å². The summed E-state index contributed by atoms with van der Waals surface area (Å²) in [6.07, 6.45) is 2.23. The van der Waals surface area contributed by atoms with Crippen LogP contribution < -0.4 is 20.5 Å². The van der Waals surface area contributed by atoms with Gasteiger partial charge < -0.3 is 20.5 Å². The number of aromatic amines is 1. The average molecular weight is 274 g/mol. The van der Waals surface area contributed by atoms with Crippen LogP contribution in [0.3, 0.4) is 0 Å². The monoisotopic (exact) mass is 274 g/mol. The number of nitrogens with zero attached hydrogens (tertiary/aromatic N) is 1. The fourth-order valence-corrected chi connectivity index (χ4v) is 1.91. The van der Waals surface area contributed by atoms with Crippen molar-refractivity contribution in [2.24, 2.45) is 0 Å². The fourth-order valence-electron chi connectivity index (χ4n) is 1.91. The van der Waals surface area contributed by atoms with E-state index in [1.807, 2.05) is 0 Å². The Morgan fingerprint density at radius 2 is 2.10 bits per heavy atom. The van der Waals surface area contributed by atoms with Gasteiger partial charge in [0.25, 0.3) is 5.91 Å². The lowest BCUT2D eigenvalue weighted by Crippen LogP contribution is -2.14. The molecule has 0 saturated carbocycles. The highest BCUT2D eigenvalue weighted by Crippen LogP contribution is 2.32. The lowest BCUT2D eigenvalue weighted by atomic mass is 10.2. The number of aromatic nitrogens is 2. The summed E-state index contributed by atoms with van der Waals surface area (Å²) in [7, 11) is 0. The molecule has 0 radical (unpaired) electrons. The van der Waals surface area contributed by atoms with Gasteiger partial charge in [-0.3, -0.25) is 9.89 Å². The van der Waals surface area contributed by atoms with Gasteiger partial charge in [0, 0.05) is 18.2 Å². The number of nitrogens with one attached hydrogen (secondary N) is 2. The number of fused-ring (bicyclic) bond motifs is 1. The molecule has 2 heterocycles. The highest BCUT2D eigenvalue weighted by Gasteiger charge is 2.14. The highest BCUT2D eigenvalue weighted by atomic mass is 16.5. The molecule has 0 aliphatic carbocycles. The Labute approximate surface area is 115 Å². The molecule has 1 aliphatic rings. The maximum Gasteiger partial charge on any atom is 0.275 e. The lowest BCUT2D eigenvalue weighted by molar-refractivity contribution is 0.102. The van der Waals surface area contributed by atoms with E-state index in [4.69, 9.17) is 15.2 Å². The SMILES string of the molecule is Nc1cn[nH]c1C(=O)Nc1ccc2c(c1)OCCCO2. The standard InChI is InChI=1S/C13H14N4O3/c14-9-7-15-17-12(9)13(18)16-8-2-3-10-11(6-8)20-5-1-4-19-10/h2-3,6-7H,1,4-5,14H2,(H,15,17)(H,16,18). The van der Waals surface area contributed by atoms with Gasteiger partial charge in [-0.05, 0) is 12.1 Å². The van der Waals surface area contributed by atoms with E-state index in [1.54, 1.807) is 18.2 Å². The summed E-state index contributed by atoms with van der Waals surface area (Å²) in [6, 6.07) is 5.25. The second kappa shape index (κ2) is 5.12. The first kappa shape index (κ1) is 12.3. The van der Waals surface area contributed by atoms with E-state index in [1.165, 1.54) is 6.20 Å². The molecule has 7 nitrogen and oxygen atoms in total. The van der Waals surface area contributed by atoms with Crippen molar-refractivity contribution in [1.82, 2.24) is 10.2 Å². The first-order chi connectivity index (χ1) is 9.74. The van der Waals surface area contributed by atoms with E-state index in [2.05, 4.69) is 15.5 Å². The zero-order valence-electron chi connectivity index (χ0n) is 10.7. The molecule has 1 amide bonds. The maximum atomic E-state index is 12.0. The third kappa shape index (κ3) is 2.37. The maximum absolute atomic E-state index is 12.0. The van der Waals surface area contributed by atoms with Crippen LogP contribution in [0.2, 0.25) is 0 Å². The minimum atomic E-state index is -0.352. The number of hydrogen-bond donors (Lipinski definition) is 3. The highest BCUT2D eigenvalue weighted by molar-refractivity contribution is 6.06. The molecular weight excluding hydrogens is 260 g/mol. The second-order valence-corrected chi connectivity index (χ2v) is 4.37. The molecule has 104 valence electrons. The number of nitrogen functional groups attached to an aromatic ring is 1. The van der Waals surface area contributed by atoms with E-state index in [-0.39, 0.29) is 11.6 Å². The lowest BCUT2D eigenvalue weighted by Gasteiger charge is -2.10. The molecule has 4 N–H and O–H groups in total. The minimum Gasteiger partial charge on any atom is -0.490 e. The Morgan fingerprint density at radius 1 is 1.30 bits per heavy atom. The molecule has 7 heteroatoms. The summed E-state index contributed by atoms with van der Waals surface area (Å²) < 4.78 is 11.1. The number of benzene rings is 1. The van der Waals surface area contributed by atoms with Crippen LogP contribution in [0.1, 0.15) is 16.9 Å². The number of ether oxygens (including phenoxy) is 2. The first-order valence-corrected chi connectivity index (χ1v) is 6.24. The molecule has 20 heavy (non-hydrogen) atoms. The average Bonchev–Trinajstić information content (AvgIpc) is 2.73. The molecule has 0 atom stereocenters. The largest absolute Gasteiger partial charge is 0.490 e. The number of carbonyl (C=O) groups is 1. The van der Waals surface area contributed by atoms with Gasteiger partial charge in [-0.15, -0.1) is 0 Å². The third-order valence-electron chi connectivity index (χ3n) is 2.90. The number of H-pyrrole nitrogens is 1. The van der Waals surface area contributed by atoms with E-state index in [0.29, 0.717) is 36.1 Å². The molecule has 1 aliphatic heterocycles. The Kier molecular flexibility index (Phi) is 3.16. The third-order valence-corrected chi connectivity index (χ3v) is 2.90. The summed E-state index contributed by atoms with van der Waals surface area (Å²) in [4.78, 5) is 12.0. The Bertz CT molecular complexity index is 638. The van der Waals surface area contributed by atoms with Crippen molar-refractivity contribution in [3.63, 3.8) is 0 Å². The van der Waals surface area contributed by atoms with E-state index in [0.717, 1.165) is 6.42 Å². The van der Waals surface area contributed by atoms with Gasteiger partial charge in [0.15, 0.2) is 11.5 Å². The Morgan fingerprint density at radius 3 is 2.85 bits per heavy atom. The number of amides is 1. The Hall–Kier alpha value is -2.70.